The molecule has 0 unspecified atom stereocenters. The zero-order chi connectivity index (χ0) is 15.4. The maximum atomic E-state index is 3.89. The number of hydrogen-bond acceptors (Lipinski definition) is 0. The van der Waals surface area contributed by atoms with Crippen molar-refractivity contribution in [3.8, 4) is 0 Å². The van der Waals surface area contributed by atoms with Crippen molar-refractivity contribution in [3.63, 3.8) is 0 Å². The molecule has 0 heteroatoms. The number of allylic oxidation sites excluding steroid dienone is 7. The highest BCUT2D eigenvalue weighted by Gasteiger charge is 2.24. The van der Waals surface area contributed by atoms with E-state index in [2.05, 4.69) is 81.0 Å². The Morgan fingerprint density at radius 1 is 0.842 bits per heavy atom. The van der Waals surface area contributed by atoms with Gasteiger partial charge in [0, 0.05) is 5.41 Å². The van der Waals surface area contributed by atoms with Gasteiger partial charge >= 0.3 is 0 Å². The highest BCUT2D eigenvalue weighted by molar-refractivity contribution is 5.45. The van der Waals surface area contributed by atoms with Crippen LogP contribution in [0.4, 0.5) is 0 Å². The molecule has 0 fully saturated rings. The Bertz CT molecular complexity index is 413. The Morgan fingerprint density at radius 3 is 1.63 bits per heavy atom. The van der Waals surface area contributed by atoms with Crippen molar-refractivity contribution in [3.05, 3.63) is 47.1 Å². The first-order chi connectivity index (χ1) is 8.42. The molecule has 0 aromatic rings. The molecule has 0 heterocycles. The molecule has 0 atom stereocenters. The normalized spacial score (nSPS) is 14.4. The molecule has 0 radical (unpaired) electrons. The minimum absolute atomic E-state index is 0.0421. The smallest absolute Gasteiger partial charge is 0.00775 e. The number of rotatable bonds is 4. The molecule has 0 aliphatic rings. The van der Waals surface area contributed by atoms with Gasteiger partial charge in [-0.05, 0) is 49.8 Å². The minimum atomic E-state index is 0.0421. The van der Waals surface area contributed by atoms with Gasteiger partial charge in [0.1, 0.15) is 0 Å². The van der Waals surface area contributed by atoms with Gasteiger partial charge in [0.15, 0.2) is 0 Å². The summed E-state index contributed by atoms with van der Waals surface area (Å²) in [6, 6.07) is 0. The maximum Gasteiger partial charge on any atom is 0.00775 e. The summed E-state index contributed by atoms with van der Waals surface area (Å²) >= 11 is 0. The molecular formula is C19H32. The van der Waals surface area contributed by atoms with Crippen molar-refractivity contribution < 1.29 is 0 Å². The second kappa shape index (κ2) is 6.41. The van der Waals surface area contributed by atoms with Gasteiger partial charge in [-0.25, -0.2) is 0 Å². The fraction of sp³-hybridized carbons (Fsp3) is 0.579. The Labute approximate surface area is 121 Å². The van der Waals surface area contributed by atoms with Gasteiger partial charge in [-0.15, -0.1) is 0 Å². The largest absolute Gasteiger partial charge is 0.0988 e. The first-order valence-corrected chi connectivity index (χ1v) is 7.11. The average Bonchev–Trinajstić information content (AvgIpc) is 2.23. The van der Waals surface area contributed by atoms with E-state index in [1.165, 1.54) is 22.3 Å². The van der Waals surface area contributed by atoms with Crippen LogP contribution >= 0.6 is 0 Å². The van der Waals surface area contributed by atoms with Gasteiger partial charge in [0.2, 0.25) is 0 Å². The second-order valence-corrected chi connectivity index (χ2v) is 7.31. The van der Waals surface area contributed by atoms with Crippen molar-refractivity contribution in [1.29, 1.82) is 0 Å². The van der Waals surface area contributed by atoms with Crippen LogP contribution in [0.1, 0.15) is 62.3 Å². The fourth-order valence-electron chi connectivity index (χ4n) is 2.39. The first kappa shape index (κ1) is 18.0. The van der Waals surface area contributed by atoms with E-state index in [9.17, 15) is 0 Å². The predicted octanol–water partition coefficient (Wildman–Crippen LogP) is 6.47. The topological polar surface area (TPSA) is 0 Å². The standard InChI is InChI=1S/C19H32/c1-11-15(4)16(5)17(14(2)3)19(9,10)13-12-18(6,7)8/h11-13H,1H2,2-10H3. The van der Waals surface area contributed by atoms with Crippen LogP contribution in [0.2, 0.25) is 0 Å². The third-order valence-corrected chi connectivity index (χ3v) is 3.42. The summed E-state index contributed by atoms with van der Waals surface area (Å²) < 4.78 is 0. The van der Waals surface area contributed by atoms with Crippen molar-refractivity contribution in [2.45, 2.75) is 62.3 Å². The van der Waals surface area contributed by atoms with E-state index in [4.69, 9.17) is 0 Å². The molecule has 0 rings (SSSR count). The molecule has 0 aliphatic carbocycles. The van der Waals surface area contributed by atoms with E-state index in [0.29, 0.717) is 0 Å². The molecule has 0 aromatic carbocycles. The quantitative estimate of drug-likeness (QED) is 0.401. The van der Waals surface area contributed by atoms with Crippen molar-refractivity contribution >= 4 is 0 Å². The van der Waals surface area contributed by atoms with Crippen LogP contribution in [0, 0.1) is 10.8 Å². The zero-order valence-corrected chi connectivity index (χ0v) is 14.4. The monoisotopic (exact) mass is 260 g/mol. The van der Waals surface area contributed by atoms with E-state index >= 15 is 0 Å². The van der Waals surface area contributed by atoms with Crippen LogP contribution in [0.5, 0.6) is 0 Å². The lowest BCUT2D eigenvalue weighted by Gasteiger charge is -2.29. The Hall–Kier alpha value is -1.04. The summed E-state index contributed by atoms with van der Waals surface area (Å²) in [5.41, 5.74) is 5.66. The second-order valence-electron chi connectivity index (χ2n) is 7.31. The molecule has 0 bridgehead atoms. The molecule has 0 amide bonds. The third kappa shape index (κ3) is 5.63. The van der Waals surface area contributed by atoms with E-state index in [1.54, 1.807) is 0 Å². The van der Waals surface area contributed by atoms with Crippen molar-refractivity contribution in [1.82, 2.24) is 0 Å². The lowest BCUT2D eigenvalue weighted by Crippen LogP contribution is -2.16. The molecule has 0 aliphatic heterocycles. The summed E-state index contributed by atoms with van der Waals surface area (Å²) in [5, 5.41) is 0. The van der Waals surface area contributed by atoms with E-state index in [1.807, 2.05) is 6.08 Å². The molecule has 0 aromatic heterocycles. The fourth-order valence-corrected chi connectivity index (χ4v) is 2.39. The minimum Gasteiger partial charge on any atom is -0.0988 e. The van der Waals surface area contributed by atoms with Crippen LogP contribution in [0.25, 0.3) is 0 Å². The van der Waals surface area contributed by atoms with Gasteiger partial charge in [-0.2, -0.15) is 0 Å². The van der Waals surface area contributed by atoms with Crippen LogP contribution in [0.15, 0.2) is 47.1 Å². The third-order valence-electron chi connectivity index (χ3n) is 3.42. The Kier molecular flexibility index (Phi) is 6.06. The molecular weight excluding hydrogens is 228 g/mol. The molecule has 108 valence electrons. The lowest BCUT2D eigenvalue weighted by atomic mass is 9.75. The lowest BCUT2D eigenvalue weighted by molar-refractivity contribution is 0.516. The van der Waals surface area contributed by atoms with E-state index < -0.39 is 0 Å². The van der Waals surface area contributed by atoms with Gasteiger partial charge in [0.25, 0.3) is 0 Å². The first-order valence-electron chi connectivity index (χ1n) is 7.11. The molecule has 19 heavy (non-hydrogen) atoms. The summed E-state index contributed by atoms with van der Waals surface area (Å²) in [7, 11) is 0. The molecule has 0 spiro atoms. The molecule has 0 nitrogen and oxygen atoms in total. The predicted molar refractivity (Wildman–Crippen MR) is 89.3 cm³/mol. The Morgan fingerprint density at radius 2 is 1.32 bits per heavy atom. The van der Waals surface area contributed by atoms with Crippen LogP contribution in [-0.4, -0.2) is 0 Å². The summed E-state index contributed by atoms with van der Waals surface area (Å²) in [5.74, 6) is 0. The summed E-state index contributed by atoms with van der Waals surface area (Å²) in [6.45, 7) is 23.9. The molecule has 0 saturated heterocycles. The van der Waals surface area contributed by atoms with Gasteiger partial charge in [-0.1, -0.05) is 65.0 Å². The number of hydrogen-bond donors (Lipinski definition) is 0. The summed E-state index contributed by atoms with van der Waals surface area (Å²) in [6.07, 6.45) is 6.60. The molecule has 0 N–H and O–H groups in total. The van der Waals surface area contributed by atoms with Crippen molar-refractivity contribution in [2.75, 3.05) is 0 Å². The van der Waals surface area contributed by atoms with E-state index in [-0.39, 0.29) is 10.8 Å². The van der Waals surface area contributed by atoms with E-state index in [0.717, 1.165) is 0 Å². The summed E-state index contributed by atoms with van der Waals surface area (Å²) in [4.78, 5) is 0. The SMILES string of the molecule is C=CC(C)=C(C)C(=C(C)C)C(C)(C)C=CC(C)(C)C. The molecule has 0 saturated carbocycles. The van der Waals surface area contributed by atoms with Gasteiger partial charge < -0.3 is 0 Å². The maximum absolute atomic E-state index is 3.89. The average molecular weight is 260 g/mol. The van der Waals surface area contributed by atoms with Crippen LogP contribution in [-0.2, 0) is 0 Å². The van der Waals surface area contributed by atoms with Crippen molar-refractivity contribution in [2.24, 2.45) is 10.8 Å². The van der Waals surface area contributed by atoms with Crippen LogP contribution < -0.4 is 0 Å². The van der Waals surface area contributed by atoms with Gasteiger partial charge in [0.05, 0.1) is 0 Å². The zero-order valence-electron chi connectivity index (χ0n) is 14.4. The highest BCUT2D eigenvalue weighted by atomic mass is 14.3. The highest BCUT2D eigenvalue weighted by Crippen LogP contribution is 2.38. The van der Waals surface area contributed by atoms with Gasteiger partial charge in [-0.3, -0.25) is 0 Å². The van der Waals surface area contributed by atoms with Crippen LogP contribution in [0.3, 0.4) is 0 Å². The Balaban J connectivity index is 5.77.